The van der Waals surface area contributed by atoms with Crippen molar-refractivity contribution >= 4 is 0 Å². The van der Waals surface area contributed by atoms with Gasteiger partial charge in [0, 0.05) is 24.8 Å². The fourth-order valence-corrected chi connectivity index (χ4v) is 1.59. The highest BCUT2D eigenvalue weighted by Crippen LogP contribution is 2.23. The predicted octanol–water partition coefficient (Wildman–Crippen LogP) is 1.58. The van der Waals surface area contributed by atoms with Crippen LogP contribution in [-0.4, -0.2) is 19.8 Å². The van der Waals surface area contributed by atoms with Crippen molar-refractivity contribution in [2.24, 2.45) is 11.5 Å². The van der Waals surface area contributed by atoms with Gasteiger partial charge in [-0.05, 0) is 31.5 Å². The summed E-state index contributed by atoms with van der Waals surface area (Å²) < 4.78 is 11.0. The normalized spacial score (nSPS) is 12.5. The highest BCUT2D eigenvalue weighted by atomic mass is 16.5. The summed E-state index contributed by atoms with van der Waals surface area (Å²) in [6, 6.07) is 5.77. The van der Waals surface area contributed by atoms with Gasteiger partial charge in [0.25, 0.3) is 0 Å². The largest absolute Gasteiger partial charge is 0.494 e. The maximum absolute atomic E-state index is 5.91. The second kappa shape index (κ2) is 7.27. The third-order valence-corrected chi connectivity index (χ3v) is 2.53. The highest BCUT2D eigenvalue weighted by Gasteiger charge is 2.09. The first-order chi connectivity index (χ1) is 8.22. The zero-order chi connectivity index (χ0) is 12.7. The Hall–Kier alpha value is -1.10. The molecule has 0 amide bonds. The molecule has 0 aromatic heterocycles. The number of hydrogen-bond donors (Lipinski definition) is 2. The van der Waals surface area contributed by atoms with E-state index in [9.17, 15) is 0 Å². The van der Waals surface area contributed by atoms with E-state index < -0.39 is 0 Å². The van der Waals surface area contributed by atoms with Crippen molar-refractivity contribution in [2.75, 3.05) is 19.8 Å². The maximum Gasteiger partial charge on any atom is 0.124 e. The lowest BCUT2D eigenvalue weighted by molar-refractivity contribution is 0.131. The van der Waals surface area contributed by atoms with Crippen LogP contribution in [0.15, 0.2) is 18.2 Å². The summed E-state index contributed by atoms with van der Waals surface area (Å²) in [6.07, 6.45) is 0. The minimum Gasteiger partial charge on any atom is -0.494 e. The molecule has 0 aliphatic heterocycles. The molecule has 4 heteroatoms. The minimum atomic E-state index is -0.133. The third kappa shape index (κ3) is 4.00. The summed E-state index contributed by atoms with van der Waals surface area (Å²) in [5.41, 5.74) is 13.5. The maximum atomic E-state index is 5.91. The van der Waals surface area contributed by atoms with Gasteiger partial charge in [-0.25, -0.2) is 0 Å². The molecule has 0 aliphatic rings. The summed E-state index contributed by atoms with van der Waals surface area (Å²) in [6.45, 7) is 6.22. The van der Waals surface area contributed by atoms with Crippen molar-refractivity contribution < 1.29 is 9.47 Å². The lowest BCUT2D eigenvalue weighted by atomic mass is 10.0. The molecule has 0 radical (unpaired) electrons. The lowest BCUT2D eigenvalue weighted by Crippen LogP contribution is -2.20. The van der Waals surface area contributed by atoms with Gasteiger partial charge in [0.15, 0.2) is 0 Å². The van der Waals surface area contributed by atoms with Gasteiger partial charge in [-0.1, -0.05) is 6.07 Å². The Labute approximate surface area is 103 Å². The SMILES string of the molecule is CCOCc1cc(C(N)CN)ccc1OCC. The molecule has 1 aromatic carbocycles. The fraction of sp³-hybridized carbons (Fsp3) is 0.538. The second-order valence-corrected chi connectivity index (χ2v) is 3.78. The number of ether oxygens (including phenoxy) is 2. The topological polar surface area (TPSA) is 70.5 Å². The van der Waals surface area contributed by atoms with E-state index >= 15 is 0 Å². The first-order valence-electron chi connectivity index (χ1n) is 6.01. The molecule has 0 saturated heterocycles. The summed E-state index contributed by atoms with van der Waals surface area (Å²) in [5.74, 6) is 0.855. The molecule has 1 aromatic rings. The quantitative estimate of drug-likeness (QED) is 0.756. The lowest BCUT2D eigenvalue weighted by Gasteiger charge is -2.15. The van der Waals surface area contributed by atoms with Crippen LogP contribution in [0.5, 0.6) is 5.75 Å². The molecule has 1 atom stereocenters. The molecule has 0 spiro atoms. The van der Waals surface area contributed by atoms with Gasteiger partial charge in [-0.2, -0.15) is 0 Å². The molecule has 0 heterocycles. The van der Waals surface area contributed by atoms with Gasteiger partial charge in [0.2, 0.25) is 0 Å². The van der Waals surface area contributed by atoms with Crippen molar-refractivity contribution in [1.82, 2.24) is 0 Å². The minimum absolute atomic E-state index is 0.133. The predicted molar refractivity (Wildman–Crippen MR) is 68.9 cm³/mol. The van der Waals surface area contributed by atoms with Crippen molar-refractivity contribution in [3.05, 3.63) is 29.3 Å². The van der Waals surface area contributed by atoms with Gasteiger partial charge >= 0.3 is 0 Å². The zero-order valence-corrected chi connectivity index (χ0v) is 10.6. The van der Waals surface area contributed by atoms with E-state index in [0.717, 1.165) is 16.9 Å². The number of hydrogen-bond acceptors (Lipinski definition) is 4. The summed E-state index contributed by atoms with van der Waals surface area (Å²) in [4.78, 5) is 0. The molecule has 96 valence electrons. The highest BCUT2D eigenvalue weighted by molar-refractivity contribution is 5.38. The first-order valence-corrected chi connectivity index (χ1v) is 6.01. The van der Waals surface area contributed by atoms with Crippen LogP contribution in [0.3, 0.4) is 0 Å². The molecule has 0 bridgehead atoms. The Kier molecular flexibility index (Phi) is 5.97. The zero-order valence-electron chi connectivity index (χ0n) is 10.6. The third-order valence-electron chi connectivity index (χ3n) is 2.53. The van der Waals surface area contributed by atoms with Crippen LogP contribution in [0.2, 0.25) is 0 Å². The first kappa shape index (κ1) is 14.0. The molecule has 0 aliphatic carbocycles. The second-order valence-electron chi connectivity index (χ2n) is 3.78. The molecule has 1 unspecified atom stereocenters. The van der Waals surface area contributed by atoms with Crippen LogP contribution in [-0.2, 0) is 11.3 Å². The van der Waals surface area contributed by atoms with E-state index in [4.69, 9.17) is 20.9 Å². The van der Waals surface area contributed by atoms with Gasteiger partial charge < -0.3 is 20.9 Å². The molecule has 1 rings (SSSR count). The monoisotopic (exact) mass is 238 g/mol. The molecule has 0 saturated carbocycles. The van der Waals surface area contributed by atoms with E-state index in [1.807, 2.05) is 32.0 Å². The average molecular weight is 238 g/mol. The van der Waals surface area contributed by atoms with E-state index in [0.29, 0.717) is 26.4 Å². The van der Waals surface area contributed by atoms with Crippen LogP contribution in [0, 0.1) is 0 Å². The smallest absolute Gasteiger partial charge is 0.124 e. The standard InChI is InChI=1S/C13H22N2O2/c1-3-16-9-11-7-10(12(15)8-14)5-6-13(11)17-4-2/h5-7,12H,3-4,8-9,14-15H2,1-2H3. The van der Waals surface area contributed by atoms with Crippen LogP contribution in [0.25, 0.3) is 0 Å². The fourth-order valence-electron chi connectivity index (χ4n) is 1.59. The number of rotatable bonds is 7. The number of benzene rings is 1. The van der Waals surface area contributed by atoms with Gasteiger partial charge in [-0.3, -0.25) is 0 Å². The van der Waals surface area contributed by atoms with Crippen LogP contribution in [0.1, 0.15) is 31.0 Å². The van der Waals surface area contributed by atoms with Gasteiger partial charge in [-0.15, -0.1) is 0 Å². The Morgan fingerprint density at radius 3 is 2.59 bits per heavy atom. The molecule has 17 heavy (non-hydrogen) atoms. The van der Waals surface area contributed by atoms with Gasteiger partial charge in [0.05, 0.1) is 13.2 Å². The molecular weight excluding hydrogens is 216 g/mol. The Morgan fingerprint density at radius 2 is 2.00 bits per heavy atom. The Morgan fingerprint density at radius 1 is 1.24 bits per heavy atom. The summed E-state index contributed by atoms with van der Waals surface area (Å²) in [5, 5.41) is 0. The van der Waals surface area contributed by atoms with E-state index in [2.05, 4.69) is 0 Å². The van der Waals surface area contributed by atoms with E-state index in [1.54, 1.807) is 0 Å². The molecule has 4 nitrogen and oxygen atoms in total. The van der Waals surface area contributed by atoms with Gasteiger partial charge in [0.1, 0.15) is 5.75 Å². The van der Waals surface area contributed by atoms with E-state index in [1.165, 1.54) is 0 Å². The van der Waals surface area contributed by atoms with Crippen molar-refractivity contribution in [1.29, 1.82) is 0 Å². The molecule has 0 fully saturated rings. The van der Waals surface area contributed by atoms with Crippen LogP contribution < -0.4 is 16.2 Å². The Balaban J connectivity index is 2.92. The average Bonchev–Trinajstić information content (AvgIpc) is 2.37. The summed E-state index contributed by atoms with van der Waals surface area (Å²) in [7, 11) is 0. The Bertz CT molecular complexity index is 342. The summed E-state index contributed by atoms with van der Waals surface area (Å²) >= 11 is 0. The van der Waals surface area contributed by atoms with Crippen molar-refractivity contribution in [2.45, 2.75) is 26.5 Å². The van der Waals surface area contributed by atoms with Crippen LogP contribution >= 0.6 is 0 Å². The molecule has 4 N–H and O–H groups in total. The van der Waals surface area contributed by atoms with E-state index in [-0.39, 0.29) is 6.04 Å². The van der Waals surface area contributed by atoms with Crippen molar-refractivity contribution in [3.63, 3.8) is 0 Å². The van der Waals surface area contributed by atoms with Crippen molar-refractivity contribution in [3.8, 4) is 5.75 Å². The number of nitrogens with two attached hydrogens (primary N) is 2. The van der Waals surface area contributed by atoms with Crippen LogP contribution in [0.4, 0.5) is 0 Å². The molecular formula is C13H22N2O2.